The van der Waals surface area contributed by atoms with Crippen molar-refractivity contribution >= 4 is 17.5 Å². The molecule has 0 saturated carbocycles. The number of hydrogen-bond acceptors (Lipinski definition) is 5. The molecule has 0 atom stereocenters. The van der Waals surface area contributed by atoms with Crippen LogP contribution in [-0.2, 0) is 4.79 Å². The van der Waals surface area contributed by atoms with Crippen LogP contribution in [0, 0.1) is 0 Å². The number of amides is 1. The van der Waals surface area contributed by atoms with Gasteiger partial charge in [-0.05, 0) is 20.3 Å². The van der Waals surface area contributed by atoms with Gasteiger partial charge in [-0.3, -0.25) is 4.79 Å². The summed E-state index contributed by atoms with van der Waals surface area (Å²) in [4.78, 5) is 20.6. The zero-order valence-corrected chi connectivity index (χ0v) is 13.7. The summed E-state index contributed by atoms with van der Waals surface area (Å²) >= 11 is 0. The number of aromatic nitrogens is 2. The average Bonchev–Trinajstić information content (AvgIpc) is 2.42. The predicted octanol–water partition coefficient (Wildman–Crippen LogP) is 2.36. The number of hydrogen-bond donors (Lipinski definition) is 3. The van der Waals surface area contributed by atoms with Gasteiger partial charge in [0.05, 0.1) is 6.54 Å². The van der Waals surface area contributed by atoms with Gasteiger partial charge < -0.3 is 16.0 Å². The van der Waals surface area contributed by atoms with Gasteiger partial charge >= 0.3 is 0 Å². The summed E-state index contributed by atoms with van der Waals surface area (Å²) in [6.45, 7) is 11.1. The molecule has 0 aliphatic heterocycles. The van der Waals surface area contributed by atoms with Gasteiger partial charge in [-0.25, -0.2) is 9.97 Å². The molecule has 1 aromatic heterocycles. The third kappa shape index (κ3) is 6.42. The molecule has 0 radical (unpaired) electrons. The lowest BCUT2D eigenvalue weighted by Gasteiger charge is -2.13. The highest BCUT2D eigenvalue weighted by molar-refractivity contribution is 5.80. The first-order valence-corrected chi connectivity index (χ1v) is 7.58. The molecule has 0 aromatic carbocycles. The number of nitrogens with zero attached hydrogens (tertiary/aromatic N) is 2. The lowest BCUT2D eigenvalue weighted by atomic mass is 10.2. The van der Waals surface area contributed by atoms with Crippen molar-refractivity contribution in [1.29, 1.82) is 0 Å². The highest BCUT2D eigenvalue weighted by atomic mass is 16.1. The molecule has 1 heterocycles. The van der Waals surface area contributed by atoms with E-state index < -0.39 is 0 Å². The standard InChI is InChI=1S/C15H27N5O/c1-6-7-16-12-8-13(20-15(19-12)10(2)3)17-9-14(21)18-11(4)5/h8,10-11H,6-7,9H2,1-5H3,(H,18,21)(H2,16,17,19,20). The molecule has 118 valence electrons. The van der Waals surface area contributed by atoms with Gasteiger partial charge in [-0.2, -0.15) is 0 Å². The molecule has 0 aliphatic carbocycles. The molecular weight excluding hydrogens is 266 g/mol. The Bertz CT molecular complexity index is 459. The molecule has 0 saturated heterocycles. The summed E-state index contributed by atoms with van der Waals surface area (Å²) in [7, 11) is 0. The van der Waals surface area contributed by atoms with E-state index >= 15 is 0 Å². The van der Waals surface area contributed by atoms with Crippen molar-refractivity contribution in [3.05, 3.63) is 11.9 Å². The Morgan fingerprint density at radius 2 is 1.76 bits per heavy atom. The third-order valence-corrected chi connectivity index (χ3v) is 2.70. The Kier molecular flexibility index (Phi) is 6.91. The molecular formula is C15H27N5O. The summed E-state index contributed by atoms with van der Waals surface area (Å²) in [6.07, 6.45) is 1.03. The van der Waals surface area contributed by atoms with Gasteiger partial charge in [0.2, 0.25) is 5.91 Å². The zero-order valence-electron chi connectivity index (χ0n) is 13.7. The van der Waals surface area contributed by atoms with Crippen molar-refractivity contribution in [2.75, 3.05) is 23.7 Å². The number of nitrogens with one attached hydrogen (secondary N) is 3. The van der Waals surface area contributed by atoms with Crippen LogP contribution in [0.2, 0.25) is 0 Å². The van der Waals surface area contributed by atoms with E-state index in [2.05, 4.69) is 32.8 Å². The average molecular weight is 293 g/mol. The molecule has 0 aliphatic rings. The maximum Gasteiger partial charge on any atom is 0.239 e. The second kappa shape index (κ2) is 8.44. The summed E-state index contributed by atoms with van der Waals surface area (Å²) in [5.41, 5.74) is 0. The van der Waals surface area contributed by atoms with Crippen molar-refractivity contribution in [3.63, 3.8) is 0 Å². The summed E-state index contributed by atoms with van der Waals surface area (Å²) in [6, 6.07) is 1.97. The molecule has 0 spiro atoms. The van der Waals surface area contributed by atoms with Crippen molar-refractivity contribution in [1.82, 2.24) is 15.3 Å². The number of carbonyl (C=O) groups is 1. The normalized spacial score (nSPS) is 10.8. The fourth-order valence-corrected chi connectivity index (χ4v) is 1.70. The highest BCUT2D eigenvalue weighted by Gasteiger charge is 2.09. The Labute approximate surface area is 127 Å². The van der Waals surface area contributed by atoms with E-state index in [0.29, 0.717) is 5.82 Å². The van der Waals surface area contributed by atoms with Crippen LogP contribution < -0.4 is 16.0 Å². The van der Waals surface area contributed by atoms with Crippen LogP contribution in [-0.4, -0.2) is 35.0 Å². The lowest BCUT2D eigenvalue weighted by Crippen LogP contribution is -2.35. The molecule has 6 heteroatoms. The van der Waals surface area contributed by atoms with Gasteiger partial charge in [0.25, 0.3) is 0 Å². The molecule has 0 fully saturated rings. The van der Waals surface area contributed by atoms with Crippen LogP contribution >= 0.6 is 0 Å². The smallest absolute Gasteiger partial charge is 0.239 e. The van der Waals surface area contributed by atoms with E-state index in [9.17, 15) is 4.79 Å². The van der Waals surface area contributed by atoms with Gasteiger partial charge in [0, 0.05) is 24.6 Å². The van der Waals surface area contributed by atoms with Crippen molar-refractivity contribution in [3.8, 4) is 0 Å². The van der Waals surface area contributed by atoms with E-state index in [0.717, 1.165) is 24.6 Å². The zero-order chi connectivity index (χ0) is 15.8. The number of anilines is 2. The van der Waals surface area contributed by atoms with Crippen LogP contribution in [0.15, 0.2) is 6.07 Å². The van der Waals surface area contributed by atoms with Gasteiger partial charge in [-0.1, -0.05) is 20.8 Å². The van der Waals surface area contributed by atoms with E-state index in [1.807, 2.05) is 33.8 Å². The first kappa shape index (κ1) is 17.2. The van der Waals surface area contributed by atoms with Crippen LogP contribution in [0.5, 0.6) is 0 Å². The van der Waals surface area contributed by atoms with E-state index in [1.54, 1.807) is 0 Å². The van der Waals surface area contributed by atoms with Crippen LogP contribution in [0.3, 0.4) is 0 Å². The van der Waals surface area contributed by atoms with Gasteiger partial charge in [0.15, 0.2) is 0 Å². The first-order chi connectivity index (χ1) is 9.92. The third-order valence-electron chi connectivity index (χ3n) is 2.70. The van der Waals surface area contributed by atoms with E-state index in [-0.39, 0.29) is 24.4 Å². The molecule has 1 rings (SSSR count). The monoisotopic (exact) mass is 293 g/mol. The summed E-state index contributed by atoms with van der Waals surface area (Å²) in [5, 5.41) is 9.16. The summed E-state index contributed by atoms with van der Waals surface area (Å²) in [5.74, 6) is 2.42. The predicted molar refractivity (Wildman–Crippen MR) is 86.7 cm³/mol. The molecule has 3 N–H and O–H groups in total. The Morgan fingerprint density at radius 3 is 2.29 bits per heavy atom. The number of carbonyl (C=O) groups excluding carboxylic acids is 1. The largest absolute Gasteiger partial charge is 0.370 e. The highest BCUT2D eigenvalue weighted by Crippen LogP contribution is 2.16. The second-order valence-electron chi connectivity index (χ2n) is 5.65. The Morgan fingerprint density at radius 1 is 1.14 bits per heavy atom. The van der Waals surface area contributed by atoms with Crippen LogP contribution in [0.25, 0.3) is 0 Å². The quantitative estimate of drug-likeness (QED) is 0.685. The van der Waals surface area contributed by atoms with Crippen molar-refractivity contribution in [2.24, 2.45) is 0 Å². The Hall–Kier alpha value is -1.85. The maximum atomic E-state index is 11.7. The van der Waals surface area contributed by atoms with Crippen molar-refractivity contribution in [2.45, 2.75) is 53.0 Å². The molecule has 6 nitrogen and oxygen atoms in total. The van der Waals surface area contributed by atoms with Crippen LogP contribution in [0.1, 0.15) is 52.8 Å². The van der Waals surface area contributed by atoms with Crippen LogP contribution in [0.4, 0.5) is 11.6 Å². The SMILES string of the molecule is CCCNc1cc(NCC(=O)NC(C)C)nc(C(C)C)n1. The fourth-order valence-electron chi connectivity index (χ4n) is 1.70. The lowest BCUT2D eigenvalue weighted by molar-refractivity contribution is -0.119. The minimum Gasteiger partial charge on any atom is -0.370 e. The fraction of sp³-hybridized carbons (Fsp3) is 0.667. The summed E-state index contributed by atoms with van der Waals surface area (Å²) < 4.78 is 0. The molecule has 1 aromatic rings. The maximum absolute atomic E-state index is 11.7. The number of rotatable bonds is 8. The molecule has 21 heavy (non-hydrogen) atoms. The van der Waals surface area contributed by atoms with Gasteiger partial charge in [-0.15, -0.1) is 0 Å². The Balaban J connectivity index is 2.75. The van der Waals surface area contributed by atoms with E-state index in [4.69, 9.17) is 0 Å². The minimum atomic E-state index is -0.0437. The van der Waals surface area contributed by atoms with Crippen molar-refractivity contribution < 1.29 is 4.79 Å². The molecule has 1 amide bonds. The first-order valence-electron chi connectivity index (χ1n) is 7.58. The second-order valence-corrected chi connectivity index (χ2v) is 5.65. The topological polar surface area (TPSA) is 78.9 Å². The molecule has 0 unspecified atom stereocenters. The van der Waals surface area contributed by atoms with Gasteiger partial charge in [0.1, 0.15) is 17.5 Å². The molecule has 0 bridgehead atoms. The minimum absolute atomic E-state index is 0.0437. The van der Waals surface area contributed by atoms with E-state index in [1.165, 1.54) is 0 Å².